The lowest BCUT2D eigenvalue weighted by Crippen LogP contribution is -2.38. The van der Waals surface area contributed by atoms with E-state index < -0.39 is 0 Å². The van der Waals surface area contributed by atoms with Gasteiger partial charge < -0.3 is 30.3 Å². The van der Waals surface area contributed by atoms with Crippen LogP contribution in [0.2, 0.25) is 0 Å². The van der Waals surface area contributed by atoms with E-state index in [0.717, 1.165) is 62.7 Å². The first-order valence-electron chi connectivity index (χ1n) is 10.5. The predicted octanol–water partition coefficient (Wildman–Crippen LogP) is 2.42. The van der Waals surface area contributed by atoms with Crippen molar-refractivity contribution in [3.8, 4) is 0 Å². The summed E-state index contributed by atoms with van der Waals surface area (Å²) in [5, 5.41) is 9.55. The lowest BCUT2D eigenvalue weighted by molar-refractivity contribution is 0.0698. The second-order valence-electron chi connectivity index (χ2n) is 6.91. The smallest absolute Gasteiger partial charge is 0.321 e. The molecule has 0 atom stereocenters. The Morgan fingerprint density at radius 2 is 2.00 bits per heavy atom. The standard InChI is InChI=1S/C21H35N5O3/c1-3-22-20(23-10-7-13-29-15-14-28-2)24-17-18-8-6-9-19(16-18)25-21(27)26-11-4-5-12-26/h6,8-9,16H,3-5,7,10-15,17H2,1-2H3,(H,25,27)(H2,22,23,24). The number of likely N-dealkylation sites (tertiary alicyclic amines) is 1. The Morgan fingerprint density at radius 3 is 2.76 bits per heavy atom. The third kappa shape index (κ3) is 9.15. The minimum Gasteiger partial charge on any atom is -0.382 e. The number of hydrogen-bond acceptors (Lipinski definition) is 4. The van der Waals surface area contributed by atoms with E-state index in [1.807, 2.05) is 36.1 Å². The van der Waals surface area contributed by atoms with Crippen LogP contribution in [0.3, 0.4) is 0 Å². The number of benzene rings is 1. The molecule has 1 aliphatic heterocycles. The fourth-order valence-electron chi connectivity index (χ4n) is 3.01. The highest BCUT2D eigenvalue weighted by Crippen LogP contribution is 2.14. The third-order valence-electron chi connectivity index (χ3n) is 4.53. The van der Waals surface area contributed by atoms with Gasteiger partial charge in [0.1, 0.15) is 0 Å². The molecule has 29 heavy (non-hydrogen) atoms. The van der Waals surface area contributed by atoms with Crippen LogP contribution in [-0.2, 0) is 16.0 Å². The zero-order chi connectivity index (χ0) is 20.7. The summed E-state index contributed by atoms with van der Waals surface area (Å²) in [7, 11) is 1.67. The van der Waals surface area contributed by atoms with Crippen molar-refractivity contribution in [1.82, 2.24) is 15.5 Å². The Morgan fingerprint density at radius 1 is 1.17 bits per heavy atom. The molecule has 0 bridgehead atoms. The summed E-state index contributed by atoms with van der Waals surface area (Å²) < 4.78 is 10.4. The molecule has 0 unspecified atom stereocenters. The first kappa shape index (κ1) is 23.0. The summed E-state index contributed by atoms with van der Waals surface area (Å²) in [4.78, 5) is 18.8. The van der Waals surface area contributed by atoms with Crippen molar-refractivity contribution in [2.75, 3.05) is 58.4 Å². The Kier molecular flexibility index (Phi) is 10.9. The highest BCUT2D eigenvalue weighted by Gasteiger charge is 2.17. The van der Waals surface area contributed by atoms with Crippen LogP contribution < -0.4 is 16.0 Å². The number of carbonyl (C=O) groups excluding carboxylic acids is 1. The van der Waals surface area contributed by atoms with Crippen LogP contribution in [0.15, 0.2) is 29.3 Å². The van der Waals surface area contributed by atoms with Gasteiger partial charge in [-0.25, -0.2) is 9.79 Å². The average Bonchev–Trinajstić information content (AvgIpc) is 3.26. The largest absolute Gasteiger partial charge is 0.382 e. The van der Waals surface area contributed by atoms with Gasteiger partial charge >= 0.3 is 6.03 Å². The van der Waals surface area contributed by atoms with Crippen molar-refractivity contribution in [2.45, 2.75) is 32.7 Å². The minimum atomic E-state index is -0.0223. The van der Waals surface area contributed by atoms with Crippen molar-refractivity contribution in [1.29, 1.82) is 0 Å². The van der Waals surface area contributed by atoms with Gasteiger partial charge in [0.15, 0.2) is 5.96 Å². The molecular formula is C21H35N5O3. The van der Waals surface area contributed by atoms with Gasteiger partial charge in [0.25, 0.3) is 0 Å². The molecule has 3 N–H and O–H groups in total. The summed E-state index contributed by atoms with van der Waals surface area (Å²) in [5.74, 6) is 0.774. The number of nitrogens with one attached hydrogen (secondary N) is 3. The van der Waals surface area contributed by atoms with E-state index in [-0.39, 0.29) is 6.03 Å². The van der Waals surface area contributed by atoms with E-state index in [1.165, 1.54) is 0 Å². The molecule has 1 heterocycles. The molecule has 162 valence electrons. The van der Waals surface area contributed by atoms with Gasteiger partial charge in [-0.05, 0) is 43.9 Å². The summed E-state index contributed by atoms with van der Waals surface area (Å²) in [6, 6.07) is 7.83. The van der Waals surface area contributed by atoms with E-state index >= 15 is 0 Å². The van der Waals surface area contributed by atoms with Crippen LogP contribution in [0.4, 0.5) is 10.5 Å². The molecule has 1 aliphatic rings. The monoisotopic (exact) mass is 405 g/mol. The number of hydrogen-bond donors (Lipinski definition) is 3. The van der Waals surface area contributed by atoms with Crippen molar-refractivity contribution < 1.29 is 14.3 Å². The highest BCUT2D eigenvalue weighted by atomic mass is 16.5. The number of urea groups is 1. The number of ether oxygens (including phenoxy) is 2. The Balaban J connectivity index is 1.79. The topological polar surface area (TPSA) is 87.2 Å². The van der Waals surface area contributed by atoms with Gasteiger partial charge in [0.2, 0.25) is 0 Å². The molecular weight excluding hydrogens is 370 g/mol. The molecule has 8 nitrogen and oxygen atoms in total. The van der Waals surface area contributed by atoms with Crippen LogP contribution in [0.1, 0.15) is 31.7 Å². The fraction of sp³-hybridized carbons (Fsp3) is 0.619. The van der Waals surface area contributed by atoms with E-state index in [2.05, 4.69) is 20.9 Å². The molecule has 0 aliphatic carbocycles. The second kappa shape index (κ2) is 13.8. The molecule has 0 saturated carbocycles. The maximum atomic E-state index is 12.3. The number of anilines is 1. The molecule has 1 aromatic carbocycles. The maximum Gasteiger partial charge on any atom is 0.321 e. The fourth-order valence-corrected chi connectivity index (χ4v) is 3.01. The Hall–Kier alpha value is -2.32. The molecule has 2 rings (SSSR count). The number of methoxy groups -OCH3 is 1. The number of carbonyl (C=O) groups is 1. The lowest BCUT2D eigenvalue weighted by atomic mass is 10.2. The van der Waals surface area contributed by atoms with Crippen LogP contribution >= 0.6 is 0 Å². The molecule has 1 fully saturated rings. The number of nitrogens with zero attached hydrogens (tertiary/aromatic N) is 2. The van der Waals surface area contributed by atoms with Gasteiger partial charge in [-0.2, -0.15) is 0 Å². The van der Waals surface area contributed by atoms with Crippen molar-refractivity contribution in [3.05, 3.63) is 29.8 Å². The van der Waals surface area contributed by atoms with Crippen LogP contribution in [-0.4, -0.2) is 70.0 Å². The third-order valence-corrected chi connectivity index (χ3v) is 4.53. The van der Waals surface area contributed by atoms with E-state index in [1.54, 1.807) is 7.11 Å². The molecule has 0 radical (unpaired) electrons. The predicted molar refractivity (Wildman–Crippen MR) is 116 cm³/mol. The molecule has 0 aromatic heterocycles. The first-order chi connectivity index (χ1) is 14.2. The van der Waals surface area contributed by atoms with Gasteiger partial charge in [-0.3, -0.25) is 0 Å². The summed E-state index contributed by atoms with van der Waals surface area (Å²) >= 11 is 0. The molecule has 1 saturated heterocycles. The van der Waals surface area contributed by atoms with Crippen LogP contribution in [0.5, 0.6) is 0 Å². The van der Waals surface area contributed by atoms with Crippen molar-refractivity contribution in [3.63, 3.8) is 0 Å². The molecule has 0 spiro atoms. The van der Waals surface area contributed by atoms with Crippen molar-refractivity contribution in [2.24, 2.45) is 4.99 Å². The quantitative estimate of drug-likeness (QED) is 0.299. The van der Waals surface area contributed by atoms with E-state index in [9.17, 15) is 4.79 Å². The van der Waals surface area contributed by atoms with Crippen LogP contribution in [0.25, 0.3) is 0 Å². The zero-order valence-electron chi connectivity index (χ0n) is 17.7. The number of guanidine groups is 1. The van der Waals surface area contributed by atoms with E-state index in [4.69, 9.17) is 9.47 Å². The summed E-state index contributed by atoms with van der Waals surface area (Å²) in [6.45, 7) is 7.76. The van der Waals surface area contributed by atoms with Crippen LogP contribution in [0, 0.1) is 0 Å². The molecule has 8 heteroatoms. The van der Waals surface area contributed by atoms with Gasteiger partial charge in [0, 0.05) is 45.6 Å². The minimum absolute atomic E-state index is 0.0223. The SMILES string of the molecule is CCNC(=NCc1cccc(NC(=O)N2CCCC2)c1)NCCCOCCOC. The van der Waals surface area contributed by atoms with Gasteiger partial charge in [-0.1, -0.05) is 12.1 Å². The summed E-state index contributed by atoms with van der Waals surface area (Å²) in [6.07, 6.45) is 3.06. The normalized spacial score (nSPS) is 14.1. The van der Waals surface area contributed by atoms with Gasteiger partial charge in [-0.15, -0.1) is 0 Å². The highest BCUT2D eigenvalue weighted by molar-refractivity contribution is 5.89. The number of rotatable bonds is 11. The molecule has 1 aromatic rings. The molecule has 2 amide bonds. The summed E-state index contributed by atoms with van der Waals surface area (Å²) in [5.41, 5.74) is 1.85. The Bertz CT molecular complexity index is 632. The first-order valence-corrected chi connectivity index (χ1v) is 10.5. The zero-order valence-corrected chi connectivity index (χ0v) is 17.7. The second-order valence-corrected chi connectivity index (χ2v) is 6.91. The number of amides is 2. The number of aliphatic imine (C=N–C) groups is 1. The maximum absolute atomic E-state index is 12.3. The van der Waals surface area contributed by atoms with E-state index in [0.29, 0.717) is 26.4 Å². The Labute approximate surface area is 174 Å². The van der Waals surface area contributed by atoms with Gasteiger partial charge in [0.05, 0.1) is 19.8 Å². The van der Waals surface area contributed by atoms with Crippen molar-refractivity contribution >= 4 is 17.7 Å². The average molecular weight is 406 g/mol. The lowest BCUT2D eigenvalue weighted by Gasteiger charge is -2.16.